The molecule has 5 rings (SSSR count). The van der Waals surface area contributed by atoms with E-state index in [1.807, 2.05) is 37.1 Å². The van der Waals surface area contributed by atoms with Crippen molar-refractivity contribution in [1.82, 2.24) is 20.3 Å². The molecule has 3 heterocycles. The second-order valence-electron chi connectivity index (χ2n) is 9.33. The second kappa shape index (κ2) is 9.62. The molecule has 1 saturated heterocycles. The van der Waals surface area contributed by atoms with Crippen LogP contribution in [-0.2, 0) is 11.2 Å². The van der Waals surface area contributed by atoms with E-state index in [0.717, 1.165) is 18.7 Å². The average molecular weight is 494 g/mol. The van der Waals surface area contributed by atoms with Gasteiger partial charge in [-0.15, -0.1) is 0 Å². The molecule has 2 aliphatic rings. The molecule has 1 atom stereocenters. The van der Waals surface area contributed by atoms with Crippen LogP contribution in [0.5, 0.6) is 5.75 Å². The molecule has 0 saturated carbocycles. The van der Waals surface area contributed by atoms with Crippen molar-refractivity contribution >= 4 is 28.4 Å². The third-order valence-corrected chi connectivity index (χ3v) is 6.73. The van der Waals surface area contributed by atoms with Crippen molar-refractivity contribution in [2.24, 2.45) is 0 Å². The number of nitrogens with one attached hydrogen (secondary N) is 2. The van der Waals surface area contributed by atoms with Gasteiger partial charge >= 0.3 is 0 Å². The van der Waals surface area contributed by atoms with Gasteiger partial charge in [0.05, 0.1) is 23.4 Å². The number of hydrogen-bond donors (Lipinski definition) is 2. The molecule has 0 spiro atoms. The Kier molecular flexibility index (Phi) is 6.36. The smallest absolute Gasteiger partial charge is 0.275 e. The number of pyridine rings is 1. The lowest BCUT2D eigenvalue weighted by molar-refractivity contribution is -0.121. The molecule has 10 heteroatoms. The number of amides is 2. The SMILES string of the molecule is C[C@H]1COc2c(N3CCN(C)CC3)c(F)cc3c(=O)c(C(=O)NNC(=O)Cc4ccccc4)cn1c23. The summed E-state index contributed by atoms with van der Waals surface area (Å²) < 4.78 is 23.2. The molecule has 2 aromatic carbocycles. The van der Waals surface area contributed by atoms with Gasteiger partial charge in [0.25, 0.3) is 5.91 Å². The van der Waals surface area contributed by atoms with Crippen LogP contribution in [-0.4, -0.2) is 61.1 Å². The van der Waals surface area contributed by atoms with Crippen LogP contribution < -0.4 is 25.9 Å². The molecule has 3 aromatic rings. The summed E-state index contributed by atoms with van der Waals surface area (Å²) in [5, 5.41) is 0.0650. The monoisotopic (exact) mass is 493 g/mol. The van der Waals surface area contributed by atoms with Gasteiger partial charge in [-0.3, -0.25) is 25.2 Å². The first kappa shape index (κ1) is 23.8. The molecule has 9 nitrogen and oxygen atoms in total. The summed E-state index contributed by atoms with van der Waals surface area (Å²) in [5.41, 5.74) is 5.46. The molecule has 1 fully saturated rings. The number of ether oxygens (including phenoxy) is 1. The number of aromatic nitrogens is 1. The van der Waals surface area contributed by atoms with Crippen molar-refractivity contribution in [2.45, 2.75) is 19.4 Å². The van der Waals surface area contributed by atoms with Crippen molar-refractivity contribution < 1.29 is 18.7 Å². The second-order valence-corrected chi connectivity index (χ2v) is 9.33. The van der Waals surface area contributed by atoms with E-state index < -0.39 is 23.1 Å². The van der Waals surface area contributed by atoms with Crippen LogP contribution in [0, 0.1) is 5.82 Å². The number of nitrogens with zero attached hydrogens (tertiary/aromatic N) is 3. The number of rotatable bonds is 4. The maximum atomic E-state index is 15.4. The van der Waals surface area contributed by atoms with Gasteiger partial charge in [0.2, 0.25) is 11.3 Å². The summed E-state index contributed by atoms with van der Waals surface area (Å²) in [6.45, 7) is 5.01. The van der Waals surface area contributed by atoms with Crippen LogP contribution >= 0.6 is 0 Å². The van der Waals surface area contributed by atoms with Crippen LogP contribution in [0.3, 0.4) is 0 Å². The Hall–Kier alpha value is -3.92. The Morgan fingerprint density at radius 2 is 1.83 bits per heavy atom. The zero-order valence-electron chi connectivity index (χ0n) is 20.2. The Morgan fingerprint density at radius 3 is 2.56 bits per heavy atom. The molecule has 0 unspecified atom stereocenters. The van der Waals surface area contributed by atoms with Gasteiger partial charge in [0.15, 0.2) is 11.6 Å². The van der Waals surface area contributed by atoms with Gasteiger partial charge in [0.1, 0.15) is 17.9 Å². The van der Waals surface area contributed by atoms with Crippen molar-refractivity contribution in [2.75, 3.05) is 44.7 Å². The largest absolute Gasteiger partial charge is 0.487 e. The number of hydrogen-bond acceptors (Lipinski definition) is 6. The van der Waals surface area contributed by atoms with E-state index in [9.17, 15) is 14.4 Å². The lowest BCUT2D eigenvalue weighted by Crippen LogP contribution is -2.45. The number of likely N-dealkylation sites (N-methyl/N-ethyl adjacent to an activating group) is 1. The van der Waals surface area contributed by atoms with Gasteiger partial charge in [-0.25, -0.2) is 4.39 Å². The molecule has 1 aromatic heterocycles. The number of carbonyl (C=O) groups is 2. The summed E-state index contributed by atoms with van der Waals surface area (Å²) in [4.78, 5) is 42.6. The topological polar surface area (TPSA) is 95.9 Å². The van der Waals surface area contributed by atoms with Crippen molar-refractivity contribution in [1.29, 1.82) is 0 Å². The van der Waals surface area contributed by atoms with E-state index >= 15 is 4.39 Å². The number of piperazine rings is 1. The predicted molar refractivity (Wildman–Crippen MR) is 134 cm³/mol. The summed E-state index contributed by atoms with van der Waals surface area (Å²) in [6.07, 6.45) is 1.53. The van der Waals surface area contributed by atoms with E-state index in [-0.39, 0.29) is 30.0 Å². The summed E-state index contributed by atoms with van der Waals surface area (Å²) in [7, 11) is 2.02. The minimum Gasteiger partial charge on any atom is -0.487 e. The highest BCUT2D eigenvalue weighted by Crippen LogP contribution is 2.42. The molecular formula is C26H28FN5O4. The quantitative estimate of drug-likeness (QED) is 0.539. The number of carbonyl (C=O) groups excluding carboxylic acids is 2. The third-order valence-electron chi connectivity index (χ3n) is 6.73. The van der Waals surface area contributed by atoms with Crippen LogP contribution in [0.1, 0.15) is 28.9 Å². The van der Waals surface area contributed by atoms with Crippen LogP contribution in [0.2, 0.25) is 0 Å². The number of benzene rings is 2. The summed E-state index contributed by atoms with van der Waals surface area (Å²) >= 11 is 0. The Balaban J connectivity index is 1.47. The minimum absolute atomic E-state index is 0.0650. The van der Waals surface area contributed by atoms with Gasteiger partial charge in [-0.1, -0.05) is 30.3 Å². The Bertz CT molecular complexity index is 1380. The highest BCUT2D eigenvalue weighted by Gasteiger charge is 2.31. The first-order valence-corrected chi connectivity index (χ1v) is 11.9. The lowest BCUT2D eigenvalue weighted by Gasteiger charge is -2.37. The van der Waals surface area contributed by atoms with E-state index in [1.165, 1.54) is 12.3 Å². The first-order chi connectivity index (χ1) is 17.3. The Morgan fingerprint density at radius 1 is 1.11 bits per heavy atom. The van der Waals surface area contributed by atoms with Crippen LogP contribution in [0.4, 0.5) is 10.1 Å². The molecule has 2 N–H and O–H groups in total. The van der Waals surface area contributed by atoms with Crippen LogP contribution in [0.25, 0.3) is 10.9 Å². The van der Waals surface area contributed by atoms with Gasteiger partial charge < -0.3 is 19.1 Å². The fourth-order valence-electron chi connectivity index (χ4n) is 4.72. The van der Waals surface area contributed by atoms with E-state index in [4.69, 9.17) is 4.74 Å². The first-order valence-electron chi connectivity index (χ1n) is 11.9. The maximum Gasteiger partial charge on any atom is 0.275 e. The predicted octanol–water partition coefficient (Wildman–Crippen LogP) is 1.85. The summed E-state index contributed by atoms with van der Waals surface area (Å²) in [5.74, 6) is -1.43. The van der Waals surface area contributed by atoms with Gasteiger partial charge in [-0.05, 0) is 25.6 Å². The van der Waals surface area contributed by atoms with Crippen molar-refractivity contribution in [3.05, 3.63) is 69.8 Å². The molecule has 0 radical (unpaired) electrons. The van der Waals surface area contributed by atoms with E-state index in [2.05, 4.69) is 15.8 Å². The molecule has 36 heavy (non-hydrogen) atoms. The molecule has 2 amide bonds. The normalized spacial score (nSPS) is 17.5. The summed E-state index contributed by atoms with van der Waals surface area (Å²) in [6, 6.07) is 10.1. The highest BCUT2D eigenvalue weighted by atomic mass is 19.1. The lowest BCUT2D eigenvalue weighted by atomic mass is 10.0. The number of anilines is 1. The molecule has 188 valence electrons. The fraction of sp³-hybridized carbons (Fsp3) is 0.346. The molecule has 0 aliphatic carbocycles. The van der Waals surface area contributed by atoms with Gasteiger partial charge in [0, 0.05) is 32.4 Å². The van der Waals surface area contributed by atoms with Gasteiger partial charge in [-0.2, -0.15) is 0 Å². The van der Waals surface area contributed by atoms with Crippen molar-refractivity contribution in [3.8, 4) is 5.75 Å². The highest BCUT2D eigenvalue weighted by molar-refractivity contribution is 6.00. The Labute approximate surface area is 207 Å². The van der Waals surface area contributed by atoms with Crippen LogP contribution in [0.15, 0.2) is 47.4 Å². The number of hydrazine groups is 1. The molecule has 0 bridgehead atoms. The minimum atomic E-state index is -0.768. The van der Waals surface area contributed by atoms with Crippen molar-refractivity contribution in [3.63, 3.8) is 0 Å². The van der Waals surface area contributed by atoms with E-state index in [0.29, 0.717) is 30.0 Å². The fourth-order valence-corrected chi connectivity index (χ4v) is 4.72. The maximum absolute atomic E-state index is 15.4. The van der Waals surface area contributed by atoms with E-state index in [1.54, 1.807) is 16.7 Å². The zero-order valence-corrected chi connectivity index (χ0v) is 20.2. The zero-order chi connectivity index (χ0) is 25.4. The third kappa shape index (κ3) is 4.39. The standard InChI is InChI=1S/C26H28FN5O4/c1-16-15-36-25-22-18(13-20(27)23(25)31-10-8-30(2)9-11-31)24(34)19(14-32(16)22)26(35)29-28-21(33)12-17-6-4-3-5-7-17/h3-7,13-14,16H,8-12,15H2,1-2H3,(H,28,33)(H,29,35)/t16-/m0/s1. The average Bonchev–Trinajstić information content (AvgIpc) is 2.87. The number of halogens is 1. The molecular weight excluding hydrogens is 465 g/mol. The molecule has 2 aliphatic heterocycles.